The minimum Gasteiger partial charge on any atom is -0.340 e. The molecule has 5 heteroatoms. The molecule has 0 aliphatic carbocycles. The summed E-state index contributed by atoms with van der Waals surface area (Å²) in [4.78, 5) is 25.7. The molecule has 2 rings (SSSR count). The third-order valence-corrected chi connectivity index (χ3v) is 4.36. The first-order valence-corrected chi connectivity index (χ1v) is 9.15. The van der Waals surface area contributed by atoms with Gasteiger partial charge < -0.3 is 15.5 Å². The Morgan fingerprint density at radius 2 is 1.52 bits per heavy atom. The van der Waals surface area contributed by atoms with Crippen molar-refractivity contribution >= 4 is 11.9 Å². The first-order chi connectivity index (χ1) is 12.8. The van der Waals surface area contributed by atoms with Gasteiger partial charge in [0.05, 0.1) is 6.54 Å². The molecule has 144 valence electrons. The van der Waals surface area contributed by atoms with Crippen molar-refractivity contribution < 1.29 is 9.59 Å². The molecule has 0 atom stereocenters. The number of amides is 3. The third kappa shape index (κ3) is 6.77. The summed E-state index contributed by atoms with van der Waals surface area (Å²) in [7, 11) is 1.74. The van der Waals surface area contributed by atoms with Gasteiger partial charge in [0.1, 0.15) is 0 Å². The van der Waals surface area contributed by atoms with Gasteiger partial charge in [0.25, 0.3) is 0 Å². The van der Waals surface area contributed by atoms with Gasteiger partial charge in [0.2, 0.25) is 5.91 Å². The number of urea groups is 1. The molecule has 0 radical (unpaired) electrons. The molecule has 0 unspecified atom stereocenters. The first kappa shape index (κ1) is 20.5. The van der Waals surface area contributed by atoms with Crippen molar-refractivity contribution in [2.24, 2.45) is 0 Å². The highest BCUT2D eigenvalue weighted by Gasteiger charge is 2.14. The zero-order valence-corrected chi connectivity index (χ0v) is 16.6. The quantitative estimate of drug-likeness (QED) is 0.822. The lowest BCUT2D eigenvalue weighted by molar-refractivity contribution is -0.129. The van der Waals surface area contributed by atoms with Crippen LogP contribution < -0.4 is 10.6 Å². The van der Waals surface area contributed by atoms with E-state index < -0.39 is 0 Å². The standard InChI is InChI=1S/C22H29N3O2/c1-22(2,3)19-12-10-18(11-13-19)16-25(4)20(26)15-24-21(27)23-14-17-8-6-5-7-9-17/h5-13H,14-16H2,1-4H3,(H2,23,24,27). The van der Waals surface area contributed by atoms with Crippen molar-refractivity contribution in [1.82, 2.24) is 15.5 Å². The van der Waals surface area contributed by atoms with E-state index in [0.29, 0.717) is 13.1 Å². The van der Waals surface area contributed by atoms with E-state index in [1.54, 1.807) is 11.9 Å². The third-order valence-electron chi connectivity index (χ3n) is 4.36. The van der Waals surface area contributed by atoms with Gasteiger partial charge >= 0.3 is 6.03 Å². The van der Waals surface area contributed by atoms with Crippen LogP contribution in [0.3, 0.4) is 0 Å². The molecule has 5 nitrogen and oxygen atoms in total. The fourth-order valence-electron chi connectivity index (χ4n) is 2.60. The molecule has 0 aliphatic heterocycles. The van der Waals surface area contributed by atoms with Gasteiger partial charge in [0.15, 0.2) is 0 Å². The first-order valence-electron chi connectivity index (χ1n) is 9.15. The van der Waals surface area contributed by atoms with Crippen LogP contribution >= 0.6 is 0 Å². The van der Waals surface area contributed by atoms with E-state index in [1.165, 1.54) is 5.56 Å². The molecule has 2 N–H and O–H groups in total. The summed E-state index contributed by atoms with van der Waals surface area (Å²) in [5.41, 5.74) is 3.44. The lowest BCUT2D eigenvalue weighted by atomic mass is 9.87. The van der Waals surface area contributed by atoms with Crippen molar-refractivity contribution in [1.29, 1.82) is 0 Å². The summed E-state index contributed by atoms with van der Waals surface area (Å²) in [5, 5.41) is 5.35. The SMILES string of the molecule is CN(Cc1ccc(C(C)(C)C)cc1)C(=O)CNC(=O)NCc1ccccc1. The van der Waals surface area contributed by atoms with E-state index in [9.17, 15) is 9.59 Å². The molecule has 2 aromatic rings. The lowest BCUT2D eigenvalue weighted by Gasteiger charge is -2.21. The minimum absolute atomic E-state index is 0.0306. The van der Waals surface area contributed by atoms with E-state index in [-0.39, 0.29) is 23.9 Å². The topological polar surface area (TPSA) is 61.4 Å². The normalized spacial score (nSPS) is 11.0. The van der Waals surface area contributed by atoms with Crippen molar-refractivity contribution in [2.75, 3.05) is 13.6 Å². The molecular formula is C22H29N3O2. The lowest BCUT2D eigenvalue weighted by Crippen LogP contribution is -2.42. The van der Waals surface area contributed by atoms with Gasteiger partial charge in [-0.3, -0.25) is 4.79 Å². The molecule has 0 aliphatic rings. The molecule has 0 saturated carbocycles. The van der Waals surface area contributed by atoms with Gasteiger partial charge in [0, 0.05) is 20.1 Å². The van der Waals surface area contributed by atoms with Crippen LogP contribution in [0.1, 0.15) is 37.5 Å². The van der Waals surface area contributed by atoms with Crippen LogP contribution in [0.5, 0.6) is 0 Å². The van der Waals surface area contributed by atoms with Crippen molar-refractivity contribution in [3.05, 3.63) is 71.3 Å². The molecule has 27 heavy (non-hydrogen) atoms. The number of hydrogen-bond donors (Lipinski definition) is 2. The highest BCUT2D eigenvalue weighted by atomic mass is 16.2. The predicted octanol–water partition coefficient (Wildman–Crippen LogP) is 3.44. The summed E-state index contributed by atoms with van der Waals surface area (Å²) in [6, 6.07) is 17.6. The summed E-state index contributed by atoms with van der Waals surface area (Å²) in [6.07, 6.45) is 0. The van der Waals surface area contributed by atoms with Crippen LogP contribution in [0, 0.1) is 0 Å². The zero-order chi connectivity index (χ0) is 19.9. The maximum absolute atomic E-state index is 12.2. The highest BCUT2D eigenvalue weighted by molar-refractivity contribution is 5.83. The van der Waals surface area contributed by atoms with Crippen LogP contribution in [-0.4, -0.2) is 30.4 Å². The molecule has 0 saturated heterocycles. The summed E-state index contributed by atoms with van der Waals surface area (Å²) < 4.78 is 0. The number of likely N-dealkylation sites (N-methyl/N-ethyl adjacent to an activating group) is 1. The second kappa shape index (κ2) is 9.21. The zero-order valence-electron chi connectivity index (χ0n) is 16.6. The van der Waals surface area contributed by atoms with Crippen LogP contribution in [-0.2, 0) is 23.3 Å². The second-order valence-corrected chi connectivity index (χ2v) is 7.72. The Labute approximate surface area is 161 Å². The van der Waals surface area contributed by atoms with Gasteiger partial charge in [-0.2, -0.15) is 0 Å². The van der Waals surface area contributed by atoms with E-state index in [2.05, 4.69) is 43.5 Å². The van der Waals surface area contributed by atoms with E-state index >= 15 is 0 Å². The Morgan fingerprint density at radius 1 is 0.889 bits per heavy atom. The van der Waals surface area contributed by atoms with Crippen molar-refractivity contribution in [2.45, 2.75) is 39.3 Å². The van der Waals surface area contributed by atoms with E-state index in [1.807, 2.05) is 42.5 Å². The fraction of sp³-hybridized carbons (Fsp3) is 0.364. The number of carbonyl (C=O) groups is 2. The monoisotopic (exact) mass is 367 g/mol. The second-order valence-electron chi connectivity index (χ2n) is 7.72. The van der Waals surface area contributed by atoms with Gasteiger partial charge in [-0.1, -0.05) is 75.4 Å². The number of nitrogens with zero attached hydrogens (tertiary/aromatic N) is 1. The smallest absolute Gasteiger partial charge is 0.315 e. The average molecular weight is 367 g/mol. The largest absolute Gasteiger partial charge is 0.340 e. The Kier molecular flexibility index (Phi) is 6.99. The average Bonchev–Trinajstić information content (AvgIpc) is 2.65. The summed E-state index contributed by atoms with van der Waals surface area (Å²) >= 11 is 0. The summed E-state index contributed by atoms with van der Waals surface area (Å²) in [6.45, 7) is 7.43. The molecular weight excluding hydrogens is 338 g/mol. The van der Waals surface area contributed by atoms with Crippen molar-refractivity contribution in [3.8, 4) is 0 Å². The summed E-state index contributed by atoms with van der Waals surface area (Å²) in [5.74, 6) is -0.134. The fourth-order valence-corrected chi connectivity index (χ4v) is 2.60. The highest BCUT2D eigenvalue weighted by Crippen LogP contribution is 2.22. The number of nitrogens with one attached hydrogen (secondary N) is 2. The van der Waals surface area contributed by atoms with E-state index in [0.717, 1.165) is 11.1 Å². The number of rotatable bonds is 6. The maximum Gasteiger partial charge on any atom is 0.315 e. The van der Waals surface area contributed by atoms with Crippen LogP contribution in [0.2, 0.25) is 0 Å². The minimum atomic E-state index is -0.352. The number of benzene rings is 2. The molecule has 0 heterocycles. The number of carbonyl (C=O) groups excluding carboxylic acids is 2. The number of hydrogen-bond acceptors (Lipinski definition) is 2. The van der Waals surface area contributed by atoms with Crippen molar-refractivity contribution in [3.63, 3.8) is 0 Å². The molecule has 0 spiro atoms. The Balaban J connectivity index is 1.75. The predicted molar refractivity (Wildman–Crippen MR) is 108 cm³/mol. The van der Waals surface area contributed by atoms with Gasteiger partial charge in [-0.05, 0) is 22.1 Å². The Bertz CT molecular complexity index is 749. The Hall–Kier alpha value is -2.82. The maximum atomic E-state index is 12.2. The molecule has 2 aromatic carbocycles. The Morgan fingerprint density at radius 3 is 2.11 bits per heavy atom. The van der Waals surface area contributed by atoms with Crippen LogP contribution in [0.25, 0.3) is 0 Å². The van der Waals surface area contributed by atoms with Gasteiger partial charge in [-0.15, -0.1) is 0 Å². The molecule has 0 fully saturated rings. The van der Waals surface area contributed by atoms with Gasteiger partial charge in [-0.25, -0.2) is 4.79 Å². The van der Waals surface area contributed by atoms with Crippen LogP contribution in [0.4, 0.5) is 4.79 Å². The molecule has 3 amide bonds. The van der Waals surface area contributed by atoms with Crippen LogP contribution in [0.15, 0.2) is 54.6 Å². The van der Waals surface area contributed by atoms with E-state index in [4.69, 9.17) is 0 Å². The molecule has 0 bridgehead atoms. The molecule has 0 aromatic heterocycles.